The normalized spacial score (nSPS) is 18.0. The predicted molar refractivity (Wildman–Crippen MR) is 51.9 cm³/mol. The Kier molecular flexibility index (Phi) is 4.62. The van der Waals surface area contributed by atoms with Crippen LogP contribution < -0.4 is 0 Å². The molecule has 0 radical (unpaired) electrons. The van der Waals surface area contributed by atoms with Gasteiger partial charge in [-0.15, -0.1) is 0 Å². The summed E-state index contributed by atoms with van der Waals surface area (Å²) in [4.78, 5) is 0. The van der Waals surface area contributed by atoms with Gasteiger partial charge in [-0.2, -0.15) is 0 Å². The fourth-order valence-electron chi connectivity index (χ4n) is 0.680. The molecule has 0 N–H and O–H groups in total. The third-order valence-electron chi connectivity index (χ3n) is 1.37. The number of methoxy groups -OCH3 is 1. The molecule has 0 bridgehead atoms. The van der Waals surface area contributed by atoms with Gasteiger partial charge in [-0.3, -0.25) is 0 Å². The topological polar surface area (TPSA) is 18.5 Å². The van der Waals surface area contributed by atoms with E-state index in [-0.39, 0.29) is 6.10 Å². The Morgan fingerprint density at radius 1 is 1.17 bits per heavy atom. The van der Waals surface area contributed by atoms with Crippen LogP contribution in [-0.2, 0) is 9.47 Å². The summed E-state index contributed by atoms with van der Waals surface area (Å²) >= 11 is 17.0. The molecule has 0 fully saturated rings. The summed E-state index contributed by atoms with van der Waals surface area (Å²) in [6.07, 6.45) is -0.0643. The molecule has 0 aromatic rings. The summed E-state index contributed by atoms with van der Waals surface area (Å²) in [7, 11) is 1.43. The Balaban J connectivity index is 4.46. The molecule has 0 aliphatic rings. The van der Waals surface area contributed by atoms with E-state index in [0.29, 0.717) is 0 Å². The second kappa shape index (κ2) is 4.34. The lowest BCUT2D eigenvalue weighted by Crippen LogP contribution is -2.46. The van der Waals surface area contributed by atoms with E-state index in [9.17, 15) is 0 Å². The van der Waals surface area contributed by atoms with Gasteiger partial charge < -0.3 is 9.47 Å². The number of halogens is 3. The Bertz CT molecular complexity index is 144. The molecule has 0 aliphatic carbocycles. The highest BCUT2D eigenvalue weighted by atomic mass is 35.6. The molecule has 1 atom stereocenters. The van der Waals surface area contributed by atoms with Crippen LogP contribution in [0.5, 0.6) is 0 Å². The van der Waals surface area contributed by atoms with Crippen LogP contribution in [0.3, 0.4) is 0 Å². The number of rotatable bonds is 3. The van der Waals surface area contributed by atoms with Crippen molar-refractivity contribution < 1.29 is 9.47 Å². The van der Waals surface area contributed by atoms with E-state index in [1.807, 2.05) is 13.8 Å². The van der Waals surface area contributed by atoms with E-state index in [1.165, 1.54) is 7.11 Å². The van der Waals surface area contributed by atoms with Crippen LogP contribution in [0, 0.1) is 0 Å². The fourth-order valence-corrected chi connectivity index (χ4v) is 1.05. The Morgan fingerprint density at radius 3 is 1.67 bits per heavy atom. The molecule has 0 amide bonds. The summed E-state index contributed by atoms with van der Waals surface area (Å²) in [5.41, 5.74) is 0. The molecule has 1 unspecified atom stereocenters. The minimum atomic E-state index is -1.59. The first kappa shape index (κ1) is 12.8. The van der Waals surface area contributed by atoms with Crippen LogP contribution in [-0.4, -0.2) is 22.8 Å². The van der Waals surface area contributed by atoms with Crippen molar-refractivity contribution in [3.05, 3.63) is 0 Å². The quantitative estimate of drug-likeness (QED) is 0.553. The summed E-state index contributed by atoms with van der Waals surface area (Å²) in [6.45, 7) is 5.27. The Labute approximate surface area is 88.1 Å². The second-order valence-corrected chi connectivity index (χ2v) is 5.10. The predicted octanol–water partition coefficient (Wildman–Crippen LogP) is 3.14. The van der Waals surface area contributed by atoms with Gasteiger partial charge in [0.25, 0.3) is 0 Å². The third-order valence-corrected chi connectivity index (χ3v) is 2.39. The third kappa shape index (κ3) is 3.27. The number of alkyl halides is 3. The van der Waals surface area contributed by atoms with Crippen LogP contribution in [0.4, 0.5) is 0 Å². The molecule has 0 spiro atoms. The maximum atomic E-state index is 5.67. The first-order valence-corrected chi connectivity index (χ1v) is 4.66. The lowest BCUT2D eigenvalue weighted by molar-refractivity contribution is -0.225. The highest BCUT2D eigenvalue weighted by Gasteiger charge is 2.47. The molecule has 0 saturated carbocycles. The Morgan fingerprint density at radius 2 is 1.58 bits per heavy atom. The van der Waals surface area contributed by atoms with Gasteiger partial charge in [-0.05, 0) is 20.8 Å². The summed E-state index contributed by atoms with van der Waals surface area (Å²) in [5.74, 6) is -1.20. The minimum absolute atomic E-state index is 0.0643. The number of hydrogen-bond acceptors (Lipinski definition) is 2. The molecule has 5 heteroatoms. The van der Waals surface area contributed by atoms with Crippen molar-refractivity contribution >= 4 is 34.8 Å². The van der Waals surface area contributed by atoms with Crippen molar-refractivity contribution in [1.29, 1.82) is 0 Å². The molecule has 0 heterocycles. The number of ether oxygens (including phenoxy) is 2. The minimum Gasteiger partial charge on any atom is -0.350 e. The summed E-state index contributed by atoms with van der Waals surface area (Å²) in [6, 6.07) is 0. The molecular weight excluding hydrogens is 222 g/mol. The standard InChI is InChI=1S/C7H13Cl3O2/c1-5(2)12-6(3,11-4)7(8,9)10/h5H,1-4H3. The zero-order valence-corrected chi connectivity index (χ0v) is 9.80. The van der Waals surface area contributed by atoms with E-state index < -0.39 is 9.58 Å². The fraction of sp³-hybridized carbons (Fsp3) is 1.00. The molecule has 74 valence electrons. The van der Waals surface area contributed by atoms with Crippen molar-refractivity contribution in [2.75, 3.05) is 7.11 Å². The Hall–Kier alpha value is 0.790. The van der Waals surface area contributed by atoms with Crippen molar-refractivity contribution in [2.45, 2.75) is 36.5 Å². The van der Waals surface area contributed by atoms with Gasteiger partial charge in [-0.1, -0.05) is 34.8 Å². The van der Waals surface area contributed by atoms with Gasteiger partial charge in [-0.25, -0.2) is 0 Å². The average molecular weight is 236 g/mol. The maximum Gasteiger partial charge on any atom is 0.243 e. The van der Waals surface area contributed by atoms with Gasteiger partial charge in [0.1, 0.15) is 0 Å². The van der Waals surface area contributed by atoms with Crippen molar-refractivity contribution in [3.63, 3.8) is 0 Å². The van der Waals surface area contributed by atoms with E-state index in [0.717, 1.165) is 0 Å². The lowest BCUT2D eigenvalue weighted by Gasteiger charge is -2.35. The van der Waals surface area contributed by atoms with E-state index in [2.05, 4.69) is 0 Å². The highest BCUT2D eigenvalue weighted by Crippen LogP contribution is 2.41. The molecule has 12 heavy (non-hydrogen) atoms. The van der Waals surface area contributed by atoms with Crippen LogP contribution in [0.25, 0.3) is 0 Å². The first-order chi connectivity index (χ1) is 5.23. The smallest absolute Gasteiger partial charge is 0.243 e. The van der Waals surface area contributed by atoms with Crippen molar-refractivity contribution in [3.8, 4) is 0 Å². The van der Waals surface area contributed by atoms with Crippen molar-refractivity contribution in [2.24, 2.45) is 0 Å². The monoisotopic (exact) mass is 234 g/mol. The van der Waals surface area contributed by atoms with Gasteiger partial charge in [0.05, 0.1) is 6.10 Å². The van der Waals surface area contributed by atoms with Gasteiger partial charge in [0.15, 0.2) is 0 Å². The molecule has 0 saturated heterocycles. The molecule has 0 aromatic carbocycles. The molecule has 2 nitrogen and oxygen atoms in total. The molecular formula is C7H13Cl3O2. The zero-order valence-electron chi connectivity index (χ0n) is 7.53. The average Bonchev–Trinajstić information content (AvgIpc) is 1.83. The molecule has 0 aromatic heterocycles. The summed E-state index contributed by atoms with van der Waals surface area (Å²) < 4.78 is 8.74. The second-order valence-electron chi connectivity index (χ2n) is 2.81. The molecule has 0 rings (SSSR count). The van der Waals surface area contributed by atoms with Gasteiger partial charge in [0, 0.05) is 7.11 Å². The lowest BCUT2D eigenvalue weighted by atomic mass is 10.3. The van der Waals surface area contributed by atoms with Crippen molar-refractivity contribution in [1.82, 2.24) is 0 Å². The van der Waals surface area contributed by atoms with Crippen LogP contribution in [0.1, 0.15) is 20.8 Å². The summed E-state index contributed by atoms with van der Waals surface area (Å²) in [5, 5.41) is 0. The van der Waals surface area contributed by atoms with E-state index in [4.69, 9.17) is 44.3 Å². The molecule has 0 aliphatic heterocycles. The largest absolute Gasteiger partial charge is 0.350 e. The van der Waals surface area contributed by atoms with E-state index in [1.54, 1.807) is 6.92 Å². The van der Waals surface area contributed by atoms with Gasteiger partial charge in [0.2, 0.25) is 9.58 Å². The number of hydrogen-bond donors (Lipinski definition) is 0. The van der Waals surface area contributed by atoms with Crippen LogP contribution >= 0.6 is 34.8 Å². The van der Waals surface area contributed by atoms with E-state index >= 15 is 0 Å². The maximum absolute atomic E-state index is 5.67. The first-order valence-electron chi connectivity index (χ1n) is 3.52. The SMILES string of the molecule is COC(C)(OC(C)C)C(Cl)(Cl)Cl. The zero-order chi connectivity index (χ0) is 9.99. The van der Waals surface area contributed by atoms with Crippen LogP contribution in [0.15, 0.2) is 0 Å². The van der Waals surface area contributed by atoms with Crippen LogP contribution in [0.2, 0.25) is 0 Å². The highest BCUT2D eigenvalue weighted by molar-refractivity contribution is 6.68. The van der Waals surface area contributed by atoms with Gasteiger partial charge >= 0.3 is 0 Å².